The van der Waals surface area contributed by atoms with Crippen LogP contribution in [0.25, 0.3) is 0 Å². The number of carbonyl (C=O) groups excluding carboxylic acids is 1. The van der Waals surface area contributed by atoms with E-state index in [1.165, 1.54) is 30.3 Å². The molecule has 0 atom stereocenters. The second-order valence-corrected chi connectivity index (χ2v) is 9.45. The quantitative estimate of drug-likeness (QED) is 0.460. The molecule has 0 unspecified atom stereocenters. The Hall–Kier alpha value is -2.74. The Bertz CT molecular complexity index is 1170. The summed E-state index contributed by atoms with van der Waals surface area (Å²) in [6.07, 6.45) is 0. The van der Waals surface area contributed by atoms with Gasteiger partial charge in [-0.15, -0.1) is 0 Å². The van der Waals surface area contributed by atoms with Gasteiger partial charge in [0.1, 0.15) is 12.3 Å². The lowest BCUT2D eigenvalue weighted by molar-refractivity contribution is -0.119. The number of nitrogens with one attached hydrogen (secondary N) is 1. The molecule has 1 amide bonds. The van der Waals surface area contributed by atoms with E-state index in [0.717, 1.165) is 15.6 Å². The van der Waals surface area contributed by atoms with Gasteiger partial charge in [-0.05, 0) is 55.0 Å². The maximum Gasteiger partial charge on any atom is 0.264 e. The molecule has 0 heterocycles. The Morgan fingerprint density at radius 2 is 1.66 bits per heavy atom. The van der Waals surface area contributed by atoms with Gasteiger partial charge < -0.3 is 10.1 Å². The summed E-state index contributed by atoms with van der Waals surface area (Å²) in [7, 11) is -4.02. The SMILES string of the molecule is CCOc1ccc(CNC(=O)CN(c2ccc(Cl)c(Cl)c2)S(=O)(=O)c2ccccc2)cc1. The molecule has 0 radical (unpaired) electrons. The van der Waals surface area contributed by atoms with Crippen molar-refractivity contribution in [1.29, 1.82) is 0 Å². The molecule has 6 nitrogen and oxygen atoms in total. The third kappa shape index (κ3) is 5.94. The maximum atomic E-state index is 13.3. The average Bonchev–Trinajstić information content (AvgIpc) is 2.79. The Labute approximate surface area is 197 Å². The third-order valence-corrected chi connectivity index (χ3v) is 7.06. The number of nitrogens with zero attached hydrogens (tertiary/aromatic N) is 1. The molecular weight excluding hydrogens is 471 g/mol. The van der Waals surface area contributed by atoms with Crippen molar-refractivity contribution in [3.8, 4) is 5.75 Å². The lowest BCUT2D eigenvalue weighted by Crippen LogP contribution is -2.40. The zero-order chi connectivity index (χ0) is 23.1. The molecule has 9 heteroatoms. The molecule has 3 aromatic rings. The molecule has 3 aromatic carbocycles. The molecule has 0 aliphatic carbocycles. The topological polar surface area (TPSA) is 75.7 Å². The van der Waals surface area contributed by atoms with Crippen LogP contribution in [0.2, 0.25) is 10.0 Å². The van der Waals surface area contributed by atoms with Crippen molar-refractivity contribution in [3.63, 3.8) is 0 Å². The van der Waals surface area contributed by atoms with E-state index < -0.39 is 22.5 Å². The van der Waals surface area contributed by atoms with Gasteiger partial charge in [0.2, 0.25) is 5.91 Å². The molecule has 0 aliphatic rings. The number of sulfonamides is 1. The van der Waals surface area contributed by atoms with Gasteiger partial charge >= 0.3 is 0 Å². The summed E-state index contributed by atoms with van der Waals surface area (Å²) in [5.41, 5.74) is 1.09. The first-order chi connectivity index (χ1) is 15.3. The molecule has 0 aromatic heterocycles. The predicted octanol–water partition coefficient (Wildman–Crippen LogP) is 4.90. The first-order valence-electron chi connectivity index (χ1n) is 9.82. The minimum absolute atomic E-state index is 0.0605. The summed E-state index contributed by atoms with van der Waals surface area (Å²) in [6, 6.07) is 19.6. The largest absolute Gasteiger partial charge is 0.494 e. The van der Waals surface area contributed by atoms with Crippen LogP contribution in [0.4, 0.5) is 5.69 Å². The molecule has 1 N–H and O–H groups in total. The highest BCUT2D eigenvalue weighted by molar-refractivity contribution is 7.92. The van der Waals surface area contributed by atoms with Crippen LogP contribution in [0.1, 0.15) is 12.5 Å². The molecular formula is C23H22Cl2N2O4S. The van der Waals surface area contributed by atoms with Crippen molar-refractivity contribution < 1.29 is 17.9 Å². The number of ether oxygens (including phenoxy) is 1. The highest BCUT2D eigenvalue weighted by Gasteiger charge is 2.27. The molecule has 0 saturated heterocycles. The van der Waals surface area contributed by atoms with Crippen LogP contribution in [0.3, 0.4) is 0 Å². The number of rotatable bonds is 9. The van der Waals surface area contributed by atoms with Crippen LogP contribution in [-0.2, 0) is 21.4 Å². The van der Waals surface area contributed by atoms with Gasteiger partial charge in [0, 0.05) is 6.54 Å². The second-order valence-electron chi connectivity index (χ2n) is 6.78. The van der Waals surface area contributed by atoms with E-state index in [0.29, 0.717) is 6.61 Å². The van der Waals surface area contributed by atoms with Crippen molar-refractivity contribution in [2.75, 3.05) is 17.5 Å². The van der Waals surface area contributed by atoms with Crippen LogP contribution in [0.5, 0.6) is 5.75 Å². The van der Waals surface area contributed by atoms with Gasteiger partial charge in [-0.2, -0.15) is 0 Å². The summed E-state index contributed by atoms with van der Waals surface area (Å²) in [6.45, 7) is 2.28. The van der Waals surface area contributed by atoms with Crippen molar-refractivity contribution in [2.24, 2.45) is 0 Å². The summed E-state index contributed by atoms with van der Waals surface area (Å²) >= 11 is 12.1. The van der Waals surface area contributed by atoms with Crippen LogP contribution in [-0.4, -0.2) is 27.5 Å². The highest BCUT2D eigenvalue weighted by Crippen LogP contribution is 2.30. The molecule has 32 heavy (non-hydrogen) atoms. The summed E-state index contributed by atoms with van der Waals surface area (Å²) in [5.74, 6) is 0.270. The normalized spacial score (nSPS) is 11.1. The molecule has 0 aliphatic heterocycles. The smallest absolute Gasteiger partial charge is 0.264 e. The summed E-state index contributed by atoms with van der Waals surface area (Å²) in [4.78, 5) is 12.8. The zero-order valence-electron chi connectivity index (χ0n) is 17.3. The van der Waals surface area contributed by atoms with Crippen LogP contribution < -0.4 is 14.4 Å². The number of carbonyl (C=O) groups is 1. The average molecular weight is 493 g/mol. The first-order valence-corrected chi connectivity index (χ1v) is 12.0. The fourth-order valence-corrected chi connectivity index (χ4v) is 4.66. The van der Waals surface area contributed by atoms with Crippen molar-refractivity contribution >= 4 is 44.8 Å². The number of benzene rings is 3. The minimum atomic E-state index is -4.02. The molecule has 0 bridgehead atoms. The molecule has 0 saturated carbocycles. The third-order valence-electron chi connectivity index (χ3n) is 4.53. The lowest BCUT2D eigenvalue weighted by Gasteiger charge is -2.24. The Kier molecular flexibility index (Phi) is 8.01. The van der Waals surface area contributed by atoms with Gasteiger partial charge in [0.25, 0.3) is 10.0 Å². The number of amides is 1. The Morgan fingerprint density at radius 1 is 0.969 bits per heavy atom. The van der Waals surface area contributed by atoms with E-state index in [9.17, 15) is 13.2 Å². The maximum absolute atomic E-state index is 13.3. The van der Waals surface area contributed by atoms with Crippen molar-refractivity contribution in [2.45, 2.75) is 18.4 Å². The van der Waals surface area contributed by atoms with Gasteiger partial charge in [-0.25, -0.2) is 8.42 Å². The molecule has 0 spiro atoms. The molecule has 3 rings (SSSR count). The van der Waals surface area contributed by atoms with E-state index in [1.807, 2.05) is 31.2 Å². The van der Waals surface area contributed by atoms with Crippen LogP contribution >= 0.6 is 23.2 Å². The zero-order valence-corrected chi connectivity index (χ0v) is 19.6. The van der Waals surface area contributed by atoms with Crippen LogP contribution in [0, 0.1) is 0 Å². The minimum Gasteiger partial charge on any atom is -0.494 e. The van der Waals surface area contributed by atoms with Gasteiger partial charge in [0.15, 0.2) is 0 Å². The second kappa shape index (κ2) is 10.7. The van der Waals surface area contributed by atoms with E-state index in [4.69, 9.17) is 27.9 Å². The predicted molar refractivity (Wildman–Crippen MR) is 127 cm³/mol. The Morgan fingerprint density at radius 3 is 2.28 bits per heavy atom. The van der Waals surface area contributed by atoms with Gasteiger partial charge in [-0.3, -0.25) is 9.10 Å². The number of anilines is 1. The number of hydrogen-bond donors (Lipinski definition) is 1. The summed E-state index contributed by atoms with van der Waals surface area (Å²) in [5, 5.41) is 3.23. The molecule has 168 valence electrons. The van der Waals surface area contributed by atoms with Gasteiger partial charge in [0.05, 0.1) is 27.2 Å². The highest BCUT2D eigenvalue weighted by atomic mass is 35.5. The van der Waals surface area contributed by atoms with E-state index >= 15 is 0 Å². The Balaban J connectivity index is 1.80. The van der Waals surface area contributed by atoms with E-state index in [2.05, 4.69) is 5.32 Å². The summed E-state index contributed by atoms with van der Waals surface area (Å²) < 4.78 is 33.0. The van der Waals surface area contributed by atoms with Crippen molar-refractivity contribution in [1.82, 2.24) is 5.32 Å². The lowest BCUT2D eigenvalue weighted by atomic mass is 10.2. The number of hydrogen-bond acceptors (Lipinski definition) is 4. The fourth-order valence-electron chi connectivity index (χ4n) is 2.93. The van der Waals surface area contributed by atoms with Crippen molar-refractivity contribution in [3.05, 3.63) is 88.4 Å². The van der Waals surface area contributed by atoms with Gasteiger partial charge in [-0.1, -0.05) is 53.5 Å². The van der Waals surface area contributed by atoms with Crippen LogP contribution in [0.15, 0.2) is 77.7 Å². The monoisotopic (exact) mass is 492 g/mol. The standard InChI is InChI=1S/C23H22Cl2N2O4S/c1-2-31-19-11-8-17(9-12-19)15-26-23(28)16-27(18-10-13-21(24)22(25)14-18)32(29,30)20-6-4-3-5-7-20/h3-14H,2,15-16H2,1H3,(H,26,28). The number of halogens is 2. The fraction of sp³-hybridized carbons (Fsp3) is 0.174. The molecule has 0 fully saturated rings. The van der Waals surface area contributed by atoms with E-state index in [1.54, 1.807) is 18.2 Å². The van der Waals surface area contributed by atoms with E-state index in [-0.39, 0.29) is 27.2 Å². The first kappa shape index (κ1) is 23.9.